The SMILES string of the molecule is CC/C=C\C/C=C\C/C=C\C/C=C\CCC(=O)OC(COC(=O)CCCCC/C=C\C/C=C\C/C=C\CC)COC(=O)CCCCCCCCCCCCCCCCCCCCCCCCCCCCCCCCCCCC. The fraction of sp³-hybridized carbons (Fsp3) is 0.764. The van der Waals surface area contributed by atoms with Gasteiger partial charge in [-0.15, -0.1) is 0 Å². The fourth-order valence-electron chi connectivity index (χ4n) is 9.71. The van der Waals surface area contributed by atoms with E-state index in [1.54, 1.807) is 0 Å². The Hall–Kier alpha value is -3.41. The number of carbonyl (C=O) groups excluding carboxylic acids is 3. The maximum Gasteiger partial charge on any atom is 0.306 e. The van der Waals surface area contributed by atoms with Gasteiger partial charge in [0.15, 0.2) is 6.10 Å². The molecular formula is C72H126O6. The monoisotopic (exact) mass is 1090 g/mol. The number of unbranched alkanes of at least 4 members (excludes halogenated alkanes) is 36. The first-order chi connectivity index (χ1) is 38.5. The van der Waals surface area contributed by atoms with Gasteiger partial charge in [-0.25, -0.2) is 0 Å². The van der Waals surface area contributed by atoms with E-state index in [0.717, 1.165) is 89.9 Å². The highest BCUT2D eigenvalue weighted by molar-refractivity contribution is 5.71. The number of allylic oxidation sites excluding steroid dienone is 14. The van der Waals surface area contributed by atoms with Crippen LogP contribution in [0.2, 0.25) is 0 Å². The first-order valence-electron chi connectivity index (χ1n) is 33.6. The van der Waals surface area contributed by atoms with Crippen molar-refractivity contribution in [3.63, 3.8) is 0 Å². The van der Waals surface area contributed by atoms with E-state index in [1.165, 1.54) is 199 Å². The van der Waals surface area contributed by atoms with Crippen molar-refractivity contribution in [1.29, 1.82) is 0 Å². The molecule has 0 radical (unpaired) electrons. The molecule has 0 fully saturated rings. The zero-order chi connectivity index (χ0) is 56.4. The van der Waals surface area contributed by atoms with Crippen molar-refractivity contribution in [1.82, 2.24) is 0 Å². The molecule has 78 heavy (non-hydrogen) atoms. The zero-order valence-corrected chi connectivity index (χ0v) is 51.7. The van der Waals surface area contributed by atoms with Crippen LogP contribution in [0.1, 0.15) is 335 Å². The van der Waals surface area contributed by atoms with Crippen molar-refractivity contribution in [3.05, 3.63) is 85.1 Å². The summed E-state index contributed by atoms with van der Waals surface area (Å²) < 4.78 is 16.8. The molecule has 0 aromatic rings. The van der Waals surface area contributed by atoms with Gasteiger partial charge >= 0.3 is 17.9 Å². The summed E-state index contributed by atoms with van der Waals surface area (Å²) in [6.07, 6.45) is 88.1. The van der Waals surface area contributed by atoms with E-state index in [9.17, 15) is 14.4 Å². The van der Waals surface area contributed by atoms with Crippen LogP contribution in [0.25, 0.3) is 0 Å². The number of hydrogen-bond donors (Lipinski definition) is 0. The van der Waals surface area contributed by atoms with Crippen LogP contribution < -0.4 is 0 Å². The third-order valence-corrected chi connectivity index (χ3v) is 14.7. The number of carbonyl (C=O) groups is 3. The second-order valence-corrected chi connectivity index (χ2v) is 22.3. The standard InChI is InChI=1S/C72H126O6/c1-4-7-10-13-16-19-22-25-26-27-28-29-30-31-32-33-34-35-36-37-38-39-40-41-42-43-44-45-48-50-53-56-59-62-65-71(74)77-68-69(78-72(75)66-63-60-57-54-51-47-24-21-18-15-12-9-6-3)67-76-70(73)64-61-58-55-52-49-46-23-20-17-14-11-8-5-2/h8-9,11-12,17-18,20-21,46-47,49,51,57,60,69H,4-7,10,13-16,19,22-45,48,50,52-56,58-59,61-68H2,1-3H3/b11-8-,12-9-,20-17-,21-18-,49-46-,51-47-,60-57-. The smallest absolute Gasteiger partial charge is 0.306 e. The Morgan fingerprint density at radius 1 is 0.269 bits per heavy atom. The minimum atomic E-state index is -0.826. The number of esters is 3. The van der Waals surface area contributed by atoms with Crippen molar-refractivity contribution >= 4 is 17.9 Å². The predicted molar refractivity (Wildman–Crippen MR) is 339 cm³/mol. The van der Waals surface area contributed by atoms with Gasteiger partial charge in [0, 0.05) is 19.3 Å². The van der Waals surface area contributed by atoms with Gasteiger partial charge in [0.1, 0.15) is 13.2 Å². The Labute approximate surface area is 484 Å². The zero-order valence-electron chi connectivity index (χ0n) is 51.7. The van der Waals surface area contributed by atoms with Gasteiger partial charge in [0.2, 0.25) is 0 Å². The van der Waals surface area contributed by atoms with E-state index in [1.807, 2.05) is 12.2 Å². The molecule has 6 nitrogen and oxygen atoms in total. The van der Waals surface area contributed by atoms with Gasteiger partial charge in [-0.2, -0.15) is 0 Å². The lowest BCUT2D eigenvalue weighted by molar-refractivity contribution is -0.166. The fourth-order valence-corrected chi connectivity index (χ4v) is 9.71. The van der Waals surface area contributed by atoms with Crippen molar-refractivity contribution in [3.8, 4) is 0 Å². The first-order valence-corrected chi connectivity index (χ1v) is 33.6. The lowest BCUT2D eigenvalue weighted by Crippen LogP contribution is -2.30. The largest absolute Gasteiger partial charge is 0.462 e. The van der Waals surface area contributed by atoms with Gasteiger partial charge in [-0.1, -0.05) is 324 Å². The van der Waals surface area contributed by atoms with Crippen molar-refractivity contribution in [2.24, 2.45) is 0 Å². The lowest BCUT2D eigenvalue weighted by Gasteiger charge is -2.18. The summed E-state index contributed by atoms with van der Waals surface area (Å²) in [5, 5.41) is 0. The van der Waals surface area contributed by atoms with Crippen LogP contribution in [-0.2, 0) is 28.6 Å². The van der Waals surface area contributed by atoms with Gasteiger partial charge in [0.25, 0.3) is 0 Å². The summed E-state index contributed by atoms with van der Waals surface area (Å²) in [6, 6.07) is 0. The Morgan fingerprint density at radius 2 is 0.526 bits per heavy atom. The molecule has 1 unspecified atom stereocenters. The van der Waals surface area contributed by atoms with Crippen LogP contribution >= 0.6 is 0 Å². The third-order valence-electron chi connectivity index (χ3n) is 14.7. The van der Waals surface area contributed by atoms with E-state index < -0.39 is 12.1 Å². The molecule has 0 aliphatic carbocycles. The van der Waals surface area contributed by atoms with E-state index in [4.69, 9.17) is 14.2 Å². The van der Waals surface area contributed by atoms with Gasteiger partial charge in [-0.3, -0.25) is 14.4 Å². The maximum atomic E-state index is 12.8. The van der Waals surface area contributed by atoms with Gasteiger partial charge in [-0.05, 0) is 77.0 Å². The minimum absolute atomic E-state index is 0.113. The first kappa shape index (κ1) is 74.6. The Morgan fingerprint density at radius 3 is 0.833 bits per heavy atom. The predicted octanol–water partition coefficient (Wildman–Crippen LogP) is 23.1. The molecule has 6 heteroatoms. The van der Waals surface area contributed by atoms with Crippen LogP contribution in [0.4, 0.5) is 0 Å². The average molecular weight is 1090 g/mol. The van der Waals surface area contributed by atoms with Crippen LogP contribution in [-0.4, -0.2) is 37.2 Å². The molecule has 0 aliphatic rings. The summed E-state index contributed by atoms with van der Waals surface area (Å²) in [5.74, 6) is -1.02. The molecule has 450 valence electrons. The van der Waals surface area contributed by atoms with Crippen LogP contribution in [0.3, 0.4) is 0 Å². The van der Waals surface area contributed by atoms with Gasteiger partial charge in [0.05, 0.1) is 0 Å². The van der Waals surface area contributed by atoms with E-state index in [-0.39, 0.29) is 31.6 Å². The topological polar surface area (TPSA) is 78.9 Å². The van der Waals surface area contributed by atoms with Crippen molar-refractivity contribution in [2.45, 2.75) is 341 Å². The highest BCUT2D eigenvalue weighted by Crippen LogP contribution is 2.18. The van der Waals surface area contributed by atoms with E-state index in [2.05, 4.69) is 93.7 Å². The van der Waals surface area contributed by atoms with Crippen LogP contribution in [0.5, 0.6) is 0 Å². The quantitative estimate of drug-likeness (QED) is 0.0261. The second-order valence-electron chi connectivity index (χ2n) is 22.3. The molecule has 0 saturated heterocycles. The van der Waals surface area contributed by atoms with E-state index >= 15 is 0 Å². The molecule has 0 N–H and O–H groups in total. The summed E-state index contributed by atoms with van der Waals surface area (Å²) in [7, 11) is 0. The van der Waals surface area contributed by atoms with E-state index in [0.29, 0.717) is 19.3 Å². The molecule has 0 heterocycles. The number of rotatable bonds is 61. The minimum Gasteiger partial charge on any atom is -0.462 e. The molecular weight excluding hydrogens is 961 g/mol. The molecule has 0 aromatic carbocycles. The second kappa shape index (κ2) is 66.1. The van der Waals surface area contributed by atoms with Crippen molar-refractivity contribution in [2.75, 3.05) is 13.2 Å². The Balaban J connectivity index is 4.08. The Kier molecular flexibility index (Phi) is 63.2. The molecule has 0 rings (SSSR count). The molecule has 1 atom stereocenters. The summed E-state index contributed by atoms with van der Waals surface area (Å²) >= 11 is 0. The van der Waals surface area contributed by atoms with Gasteiger partial charge < -0.3 is 14.2 Å². The highest BCUT2D eigenvalue weighted by Gasteiger charge is 2.19. The molecule has 0 aromatic heterocycles. The number of hydrogen-bond acceptors (Lipinski definition) is 6. The Bertz CT molecular complexity index is 1480. The molecule has 0 spiro atoms. The highest BCUT2D eigenvalue weighted by atomic mass is 16.6. The third kappa shape index (κ3) is 63.4. The molecule has 0 amide bonds. The normalized spacial score (nSPS) is 12.6. The average Bonchev–Trinajstić information content (AvgIpc) is 3.44. The summed E-state index contributed by atoms with van der Waals surface area (Å²) in [5.41, 5.74) is 0. The summed E-state index contributed by atoms with van der Waals surface area (Å²) in [4.78, 5) is 38.1. The number of ether oxygens (including phenoxy) is 3. The van der Waals surface area contributed by atoms with Crippen LogP contribution in [0, 0.1) is 0 Å². The summed E-state index contributed by atoms with van der Waals surface area (Å²) in [6.45, 7) is 6.35. The van der Waals surface area contributed by atoms with Crippen LogP contribution in [0.15, 0.2) is 85.1 Å². The molecule has 0 aliphatic heterocycles. The molecule has 0 bridgehead atoms. The molecule has 0 saturated carbocycles. The lowest BCUT2D eigenvalue weighted by atomic mass is 10.0. The maximum absolute atomic E-state index is 12.8. The van der Waals surface area contributed by atoms with Crippen molar-refractivity contribution < 1.29 is 28.6 Å².